The molecule has 2 saturated heterocycles. The molecule has 4 nitrogen and oxygen atoms in total. The number of ether oxygens (including phenoxy) is 1. The fourth-order valence-electron chi connectivity index (χ4n) is 6.74. The van der Waals surface area contributed by atoms with Gasteiger partial charge in [0, 0.05) is 18.4 Å². The monoisotopic (exact) mass is 303 g/mol. The molecule has 1 N–H and O–H groups in total. The second-order valence-electron chi connectivity index (χ2n) is 8.01. The van der Waals surface area contributed by atoms with Crippen molar-refractivity contribution >= 4 is 5.91 Å². The molecule has 5 aliphatic rings. The number of carbonyl (C=O) groups excluding carboxylic acids is 1. The maximum absolute atomic E-state index is 13.1. The fourth-order valence-corrected chi connectivity index (χ4v) is 6.74. The minimum atomic E-state index is -0.433. The predicted octanol–water partition coefficient (Wildman–Crippen LogP) is 1.93. The van der Waals surface area contributed by atoms with Gasteiger partial charge >= 0.3 is 0 Å². The van der Waals surface area contributed by atoms with Crippen LogP contribution in [0.4, 0.5) is 0 Å². The number of carbonyl (C=O) groups is 1. The second kappa shape index (κ2) is 4.35. The summed E-state index contributed by atoms with van der Waals surface area (Å²) >= 11 is 0. The summed E-state index contributed by atoms with van der Waals surface area (Å²) in [7, 11) is 0. The van der Waals surface area contributed by atoms with E-state index in [2.05, 4.69) is 6.58 Å². The van der Waals surface area contributed by atoms with Gasteiger partial charge in [-0.1, -0.05) is 25.3 Å². The van der Waals surface area contributed by atoms with Crippen LogP contribution in [0.1, 0.15) is 38.5 Å². The van der Waals surface area contributed by atoms with Gasteiger partial charge in [0.15, 0.2) is 5.72 Å². The van der Waals surface area contributed by atoms with Gasteiger partial charge in [-0.25, -0.2) is 0 Å². The van der Waals surface area contributed by atoms with Crippen molar-refractivity contribution in [2.45, 2.75) is 56.5 Å². The first-order chi connectivity index (χ1) is 10.7. The van der Waals surface area contributed by atoms with Crippen LogP contribution in [0.3, 0.4) is 0 Å². The van der Waals surface area contributed by atoms with Crippen LogP contribution in [0.2, 0.25) is 0 Å². The lowest BCUT2D eigenvalue weighted by Gasteiger charge is -2.45. The van der Waals surface area contributed by atoms with Gasteiger partial charge in [0.1, 0.15) is 0 Å². The Balaban J connectivity index is 1.63. The van der Waals surface area contributed by atoms with E-state index in [0.717, 1.165) is 19.3 Å². The van der Waals surface area contributed by atoms with Crippen molar-refractivity contribution in [2.24, 2.45) is 29.6 Å². The highest BCUT2D eigenvalue weighted by Gasteiger charge is 2.79. The number of nitrogens with zero attached hydrogens (tertiary/aromatic N) is 1. The lowest BCUT2D eigenvalue weighted by atomic mass is 9.70. The number of amides is 1. The molecule has 2 heterocycles. The molecule has 2 bridgehead atoms. The molecule has 3 saturated carbocycles. The average Bonchev–Trinajstić information content (AvgIpc) is 3.20. The van der Waals surface area contributed by atoms with Crippen molar-refractivity contribution in [3.05, 3.63) is 12.7 Å². The number of aliphatic hydroxyl groups is 1. The number of fused-ring (bicyclic) bond motifs is 2. The zero-order valence-corrected chi connectivity index (χ0v) is 13.0. The Morgan fingerprint density at radius 1 is 1.32 bits per heavy atom. The van der Waals surface area contributed by atoms with Crippen molar-refractivity contribution in [3.8, 4) is 0 Å². The summed E-state index contributed by atoms with van der Waals surface area (Å²) in [6, 6.07) is 0. The van der Waals surface area contributed by atoms with E-state index in [1.54, 1.807) is 0 Å². The molecule has 0 aromatic carbocycles. The van der Waals surface area contributed by atoms with Crippen LogP contribution in [-0.4, -0.2) is 40.4 Å². The second-order valence-corrected chi connectivity index (χ2v) is 8.01. The molecule has 7 unspecified atom stereocenters. The Morgan fingerprint density at radius 2 is 2.09 bits per heavy atom. The Labute approximate surface area is 131 Å². The standard InChI is InChI=1S/C18H25NO3/c1-2-8-19-17(21)13-11-9-12-14(13)18(19,22-16(12)15(11)20)10-6-4-3-5-7-10/h2,10-16,20H,1,3-9H2. The van der Waals surface area contributed by atoms with Crippen LogP contribution in [-0.2, 0) is 9.53 Å². The van der Waals surface area contributed by atoms with Crippen LogP contribution >= 0.6 is 0 Å². The van der Waals surface area contributed by atoms with Crippen molar-refractivity contribution < 1.29 is 14.6 Å². The molecule has 5 fully saturated rings. The largest absolute Gasteiger partial charge is 0.390 e. The van der Waals surface area contributed by atoms with E-state index in [9.17, 15) is 9.90 Å². The van der Waals surface area contributed by atoms with Crippen LogP contribution in [0.15, 0.2) is 12.7 Å². The van der Waals surface area contributed by atoms with Gasteiger partial charge in [-0.05, 0) is 31.1 Å². The Bertz CT molecular complexity index is 528. The minimum Gasteiger partial charge on any atom is -0.390 e. The number of hydrogen-bond donors (Lipinski definition) is 1. The third-order valence-electron chi connectivity index (χ3n) is 7.33. The van der Waals surface area contributed by atoms with Crippen molar-refractivity contribution in [3.63, 3.8) is 0 Å². The third-order valence-corrected chi connectivity index (χ3v) is 7.33. The first-order valence-corrected chi connectivity index (χ1v) is 8.98. The van der Waals surface area contributed by atoms with Gasteiger partial charge in [-0.3, -0.25) is 4.79 Å². The highest BCUT2D eigenvalue weighted by molar-refractivity contribution is 5.85. The van der Waals surface area contributed by atoms with E-state index in [1.807, 2.05) is 11.0 Å². The molecule has 0 radical (unpaired) electrons. The molecule has 22 heavy (non-hydrogen) atoms. The molecule has 0 aromatic rings. The number of likely N-dealkylation sites (tertiary alicyclic amines) is 1. The van der Waals surface area contributed by atoms with Crippen molar-refractivity contribution in [1.29, 1.82) is 0 Å². The highest BCUT2D eigenvalue weighted by atomic mass is 16.6. The maximum atomic E-state index is 13.1. The van der Waals surface area contributed by atoms with Gasteiger partial charge in [0.05, 0.1) is 18.1 Å². The SMILES string of the molecule is C=CCN1C(=O)C2C3CC4C(OC1(C1CCCCC1)C42)C3O. The van der Waals surface area contributed by atoms with E-state index in [1.165, 1.54) is 19.3 Å². The van der Waals surface area contributed by atoms with Crippen LogP contribution in [0.25, 0.3) is 0 Å². The zero-order valence-electron chi connectivity index (χ0n) is 13.0. The summed E-state index contributed by atoms with van der Waals surface area (Å²) in [6.45, 7) is 4.45. The summed E-state index contributed by atoms with van der Waals surface area (Å²) in [5.74, 6) is 1.51. The zero-order chi connectivity index (χ0) is 15.1. The number of aliphatic hydroxyl groups excluding tert-OH is 1. The molecular formula is C18H25NO3. The highest BCUT2D eigenvalue weighted by Crippen LogP contribution is 2.70. The molecule has 3 aliphatic carbocycles. The van der Waals surface area contributed by atoms with E-state index < -0.39 is 11.8 Å². The molecule has 0 spiro atoms. The molecule has 7 atom stereocenters. The molecular weight excluding hydrogens is 278 g/mol. The molecule has 4 heteroatoms. The van der Waals surface area contributed by atoms with Crippen molar-refractivity contribution in [2.75, 3.05) is 6.54 Å². The van der Waals surface area contributed by atoms with Crippen molar-refractivity contribution in [1.82, 2.24) is 4.90 Å². The number of rotatable bonds is 3. The Morgan fingerprint density at radius 3 is 2.82 bits per heavy atom. The number of hydrogen-bond acceptors (Lipinski definition) is 3. The third kappa shape index (κ3) is 1.32. The first-order valence-electron chi connectivity index (χ1n) is 8.98. The molecule has 1 amide bonds. The van der Waals surface area contributed by atoms with E-state index >= 15 is 0 Å². The average molecular weight is 303 g/mol. The summed E-state index contributed by atoms with van der Waals surface area (Å²) in [6.07, 6.45) is 8.46. The Hall–Kier alpha value is -0.870. The normalized spacial score (nSPS) is 52.8. The van der Waals surface area contributed by atoms with Gasteiger partial charge < -0.3 is 14.7 Å². The lowest BCUT2D eigenvalue weighted by molar-refractivity contribution is -0.198. The summed E-state index contributed by atoms with van der Waals surface area (Å²) < 4.78 is 6.61. The van der Waals surface area contributed by atoms with E-state index in [4.69, 9.17) is 4.74 Å². The summed E-state index contributed by atoms with van der Waals surface area (Å²) in [4.78, 5) is 15.1. The molecule has 2 aliphatic heterocycles. The minimum absolute atomic E-state index is 0.000580. The quantitative estimate of drug-likeness (QED) is 0.811. The van der Waals surface area contributed by atoms with Gasteiger partial charge in [0.25, 0.3) is 0 Å². The van der Waals surface area contributed by atoms with Gasteiger partial charge in [-0.15, -0.1) is 6.58 Å². The molecule has 5 rings (SSSR count). The van der Waals surface area contributed by atoms with Gasteiger partial charge in [0.2, 0.25) is 5.91 Å². The predicted molar refractivity (Wildman–Crippen MR) is 80.7 cm³/mol. The Kier molecular flexibility index (Phi) is 2.68. The van der Waals surface area contributed by atoms with Crippen LogP contribution in [0.5, 0.6) is 0 Å². The van der Waals surface area contributed by atoms with E-state index in [-0.39, 0.29) is 23.8 Å². The molecule has 0 aromatic heterocycles. The lowest BCUT2D eigenvalue weighted by Crippen LogP contribution is -2.55. The first kappa shape index (κ1) is 13.6. The van der Waals surface area contributed by atoms with Crippen LogP contribution in [0, 0.1) is 29.6 Å². The topological polar surface area (TPSA) is 49.8 Å². The molecule has 120 valence electrons. The van der Waals surface area contributed by atoms with Gasteiger partial charge in [-0.2, -0.15) is 0 Å². The van der Waals surface area contributed by atoms with E-state index in [0.29, 0.717) is 24.3 Å². The summed E-state index contributed by atoms with van der Waals surface area (Å²) in [5, 5.41) is 10.6. The van der Waals surface area contributed by atoms with Crippen LogP contribution < -0.4 is 0 Å². The smallest absolute Gasteiger partial charge is 0.229 e. The maximum Gasteiger partial charge on any atom is 0.229 e. The fraction of sp³-hybridized carbons (Fsp3) is 0.833. The summed E-state index contributed by atoms with van der Waals surface area (Å²) in [5.41, 5.74) is -0.433.